The minimum Gasteiger partial charge on any atom is -0.481 e. The highest BCUT2D eigenvalue weighted by atomic mass is 32.1. The number of nitrogens with one attached hydrogen (secondary N) is 1. The molecule has 102 valence electrons. The Bertz CT molecular complexity index is 609. The Morgan fingerprint density at radius 1 is 1.47 bits per heavy atom. The number of rotatable bonds is 5. The van der Waals surface area contributed by atoms with Gasteiger partial charge in [0.25, 0.3) is 0 Å². The lowest BCUT2D eigenvalue weighted by Crippen LogP contribution is -2.15. The number of aryl methyl sites for hydroxylation is 2. The minimum absolute atomic E-state index is 0.352. The first-order chi connectivity index (χ1) is 9.00. The van der Waals surface area contributed by atoms with Gasteiger partial charge in [-0.1, -0.05) is 6.92 Å². The van der Waals surface area contributed by atoms with Crippen LogP contribution in [-0.2, 0) is 4.79 Å². The van der Waals surface area contributed by atoms with Crippen molar-refractivity contribution in [2.24, 2.45) is 5.92 Å². The monoisotopic (exact) mass is 279 g/mol. The number of carboxylic acids is 1. The number of anilines is 1. The molecule has 2 aromatic rings. The van der Waals surface area contributed by atoms with Crippen molar-refractivity contribution in [2.45, 2.75) is 27.2 Å². The Balaban J connectivity index is 2.15. The first kappa shape index (κ1) is 13.7. The maximum Gasteiger partial charge on any atom is 0.306 e. The molecule has 2 heterocycles. The molecule has 0 aromatic carbocycles. The minimum atomic E-state index is -0.766. The molecule has 2 N–H and O–H groups in total. The number of nitrogens with zero attached hydrogens (tertiary/aromatic N) is 2. The summed E-state index contributed by atoms with van der Waals surface area (Å²) in [5.74, 6) is -0.322. The summed E-state index contributed by atoms with van der Waals surface area (Å²) in [6, 6.07) is 0. The number of aliphatic carboxylic acids is 1. The van der Waals surface area contributed by atoms with Crippen LogP contribution in [0.25, 0.3) is 10.2 Å². The maximum absolute atomic E-state index is 10.8. The first-order valence-corrected chi connectivity index (χ1v) is 6.99. The van der Waals surface area contributed by atoms with Crippen LogP contribution in [0.5, 0.6) is 0 Å². The number of hydrogen-bond donors (Lipinski definition) is 2. The molecule has 5 nitrogen and oxygen atoms in total. The Hall–Kier alpha value is -1.69. The predicted molar refractivity (Wildman–Crippen MR) is 76.8 cm³/mol. The summed E-state index contributed by atoms with van der Waals surface area (Å²) in [5, 5.41) is 13.1. The lowest BCUT2D eigenvalue weighted by Gasteiger charge is -2.09. The Morgan fingerprint density at radius 3 is 2.89 bits per heavy atom. The van der Waals surface area contributed by atoms with Gasteiger partial charge < -0.3 is 10.4 Å². The Morgan fingerprint density at radius 2 is 2.21 bits per heavy atom. The van der Waals surface area contributed by atoms with Gasteiger partial charge in [0.15, 0.2) is 0 Å². The molecule has 0 amide bonds. The molecule has 2 aromatic heterocycles. The van der Waals surface area contributed by atoms with E-state index in [1.165, 1.54) is 10.4 Å². The molecule has 19 heavy (non-hydrogen) atoms. The van der Waals surface area contributed by atoms with Crippen LogP contribution in [0.2, 0.25) is 0 Å². The average Bonchev–Trinajstić information content (AvgIpc) is 2.66. The molecule has 0 bridgehead atoms. The van der Waals surface area contributed by atoms with E-state index in [0.717, 1.165) is 16.0 Å². The van der Waals surface area contributed by atoms with Gasteiger partial charge in [0.05, 0.1) is 11.3 Å². The number of fused-ring (bicyclic) bond motifs is 1. The van der Waals surface area contributed by atoms with Gasteiger partial charge in [-0.15, -0.1) is 11.3 Å². The molecule has 2 rings (SSSR count). The first-order valence-electron chi connectivity index (χ1n) is 6.18. The summed E-state index contributed by atoms with van der Waals surface area (Å²) in [4.78, 5) is 21.5. The highest BCUT2D eigenvalue weighted by Gasteiger charge is 2.13. The molecule has 0 radical (unpaired) electrons. The molecule has 1 unspecified atom stereocenters. The van der Waals surface area contributed by atoms with Crippen molar-refractivity contribution in [3.05, 3.63) is 16.8 Å². The van der Waals surface area contributed by atoms with E-state index in [9.17, 15) is 4.79 Å². The SMILES string of the molecule is Cc1sc2ncnc(NCCC(C)C(=O)O)c2c1C. The van der Waals surface area contributed by atoms with E-state index >= 15 is 0 Å². The quantitative estimate of drug-likeness (QED) is 0.880. The van der Waals surface area contributed by atoms with Crippen LogP contribution in [0.4, 0.5) is 5.82 Å². The van der Waals surface area contributed by atoms with Crippen LogP contribution in [-0.4, -0.2) is 27.6 Å². The lowest BCUT2D eigenvalue weighted by molar-refractivity contribution is -0.141. The number of carboxylic acid groups (broad SMARTS) is 1. The van der Waals surface area contributed by atoms with E-state index in [4.69, 9.17) is 5.11 Å². The van der Waals surface area contributed by atoms with E-state index in [0.29, 0.717) is 13.0 Å². The van der Waals surface area contributed by atoms with E-state index in [1.807, 2.05) is 0 Å². The van der Waals surface area contributed by atoms with Gasteiger partial charge in [0.2, 0.25) is 0 Å². The van der Waals surface area contributed by atoms with E-state index in [2.05, 4.69) is 29.1 Å². The van der Waals surface area contributed by atoms with Crippen LogP contribution >= 0.6 is 11.3 Å². The van der Waals surface area contributed by atoms with E-state index in [1.54, 1.807) is 24.6 Å². The van der Waals surface area contributed by atoms with Crippen molar-refractivity contribution in [1.82, 2.24) is 9.97 Å². The van der Waals surface area contributed by atoms with Gasteiger partial charge in [-0.25, -0.2) is 9.97 Å². The molecule has 0 aliphatic carbocycles. The van der Waals surface area contributed by atoms with Crippen LogP contribution in [0, 0.1) is 19.8 Å². The highest BCUT2D eigenvalue weighted by molar-refractivity contribution is 7.18. The third kappa shape index (κ3) is 2.84. The topological polar surface area (TPSA) is 75.1 Å². The van der Waals surface area contributed by atoms with Crippen LogP contribution < -0.4 is 5.32 Å². The zero-order chi connectivity index (χ0) is 14.0. The van der Waals surface area contributed by atoms with Crippen LogP contribution in [0.15, 0.2) is 6.33 Å². The average molecular weight is 279 g/mol. The van der Waals surface area contributed by atoms with Crippen molar-refractivity contribution in [3.63, 3.8) is 0 Å². The van der Waals surface area contributed by atoms with Gasteiger partial charge in [-0.3, -0.25) is 4.79 Å². The second-order valence-electron chi connectivity index (χ2n) is 4.64. The largest absolute Gasteiger partial charge is 0.481 e. The fourth-order valence-electron chi connectivity index (χ4n) is 1.85. The normalized spacial score (nSPS) is 12.6. The molecule has 0 aliphatic rings. The highest BCUT2D eigenvalue weighted by Crippen LogP contribution is 2.32. The second-order valence-corrected chi connectivity index (χ2v) is 5.84. The predicted octanol–water partition coefficient (Wildman–Crippen LogP) is 2.83. The maximum atomic E-state index is 10.8. The van der Waals surface area contributed by atoms with Gasteiger partial charge >= 0.3 is 5.97 Å². The third-order valence-corrected chi connectivity index (χ3v) is 4.37. The van der Waals surface area contributed by atoms with Crippen molar-refractivity contribution in [2.75, 3.05) is 11.9 Å². The number of hydrogen-bond acceptors (Lipinski definition) is 5. The van der Waals surface area contributed by atoms with Crippen molar-refractivity contribution >= 4 is 33.3 Å². The molecule has 0 aliphatic heterocycles. The zero-order valence-electron chi connectivity index (χ0n) is 11.2. The molecular formula is C13H17N3O2S. The number of aromatic nitrogens is 2. The molecule has 1 atom stereocenters. The van der Waals surface area contributed by atoms with Gasteiger partial charge in [0.1, 0.15) is 17.0 Å². The van der Waals surface area contributed by atoms with E-state index in [-0.39, 0.29) is 5.92 Å². The van der Waals surface area contributed by atoms with Crippen molar-refractivity contribution in [1.29, 1.82) is 0 Å². The number of carbonyl (C=O) groups is 1. The van der Waals surface area contributed by atoms with Gasteiger partial charge in [-0.05, 0) is 25.8 Å². The molecule has 6 heteroatoms. The third-order valence-electron chi connectivity index (χ3n) is 3.26. The summed E-state index contributed by atoms with van der Waals surface area (Å²) < 4.78 is 0. The summed E-state index contributed by atoms with van der Waals surface area (Å²) >= 11 is 1.65. The summed E-state index contributed by atoms with van der Waals surface area (Å²) in [6.45, 7) is 6.42. The van der Waals surface area contributed by atoms with E-state index < -0.39 is 5.97 Å². The van der Waals surface area contributed by atoms with Crippen molar-refractivity contribution in [3.8, 4) is 0 Å². The lowest BCUT2D eigenvalue weighted by atomic mass is 10.1. The zero-order valence-corrected chi connectivity index (χ0v) is 12.0. The van der Waals surface area contributed by atoms with Gasteiger partial charge in [0, 0.05) is 11.4 Å². The molecular weight excluding hydrogens is 262 g/mol. The number of thiophene rings is 1. The standard InChI is InChI=1S/C13H17N3O2S/c1-7(13(17)18)4-5-14-11-10-8(2)9(3)19-12(10)16-6-15-11/h6-7H,4-5H2,1-3H3,(H,17,18)(H,14,15,16). The molecule has 0 saturated carbocycles. The smallest absolute Gasteiger partial charge is 0.306 e. The van der Waals surface area contributed by atoms with Crippen molar-refractivity contribution < 1.29 is 9.90 Å². The summed E-state index contributed by atoms with van der Waals surface area (Å²) in [5.41, 5.74) is 1.19. The van der Waals surface area contributed by atoms with Crippen LogP contribution in [0.3, 0.4) is 0 Å². The Labute approximate surface area is 115 Å². The summed E-state index contributed by atoms with van der Waals surface area (Å²) in [7, 11) is 0. The second kappa shape index (κ2) is 5.52. The Kier molecular flexibility index (Phi) is 3.99. The summed E-state index contributed by atoms with van der Waals surface area (Å²) in [6.07, 6.45) is 2.11. The molecule has 0 spiro atoms. The van der Waals surface area contributed by atoms with Crippen LogP contribution in [0.1, 0.15) is 23.8 Å². The van der Waals surface area contributed by atoms with Gasteiger partial charge in [-0.2, -0.15) is 0 Å². The fraction of sp³-hybridized carbons (Fsp3) is 0.462. The fourth-order valence-corrected chi connectivity index (χ4v) is 2.84. The molecule has 0 fully saturated rings. The molecule has 0 saturated heterocycles.